The number of hydrogen-bond acceptors (Lipinski definition) is 3. The number of carbonyl (C=O) groups is 1. The van der Waals surface area contributed by atoms with Gasteiger partial charge in [-0.1, -0.05) is 30.3 Å². The first-order valence-corrected chi connectivity index (χ1v) is 8.22. The molecule has 114 valence electrons. The summed E-state index contributed by atoms with van der Waals surface area (Å²) >= 11 is 0. The van der Waals surface area contributed by atoms with Crippen molar-refractivity contribution in [3.05, 3.63) is 35.9 Å². The van der Waals surface area contributed by atoms with Crippen LogP contribution in [0.5, 0.6) is 0 Å². The van der Waals surface area contributed by atoms with Gasteiger partial charge in [0, 0.05) is 6.04 Å². The van der Waals surface area contributed by atoms with Crippen LogP contribution in [0.2, 0.25) is 0 Å². The second kappa shape index (κ2) is 6.18. The highest BCUT2D eigenvalue weighted by atomic mass is 16.5. The Balaban J connectivity index is 1.92. The van der Waals surface area contributed by atoms with E-state index < -0.39 is 5.41 Å². The molecule has 0 amide bonds. The van der Waals surface area contributed by atoms with E-state index in [1.54, 1.807) is 0 Å². The zero-order valence-corrected chi connectivity index (χ0v) is 12.8. The number of rotatable bonds is 3. The van der Waals surface area contributed by atoms with E-state index in [0.717, 1.165) is 31.4 Å². The van der Waals surface area contributed by atoms with E-state index in [9.17, 15) is 4.79 Å². The fourth-order valence-corrected chi connectivity index (χ4v) is 4.15. The number of esters is 1. The highest BCUT2D eigenvalue weighted by Crippen LogP contribution is 2.45. The standard InChI is InChI=1S/C18H25NO2/c1-2-21-17(20)18(15-8-4-3-5-9-15)11-10-16-14(13-18)7-6-12-19-16/h3-5,8-9,14,16,19H,2,6-7,10-13H2,1H3/t14-,16-,18?/m1/s1. The summed E-state index contributed by atoms with van der Waals surface area (Å²) in [6, 6.07) is 10.8. The number of nitrogens with one attached hydrogen (secondary N) is 1. The Labute approximate surface area is 127 Å². The molecule has 3 rings (SSSR count). The van der Waals surface area contributed by atoms with Gasteiger partial charge in [0.15, 0.2) is 0 Å². The molecule has 2 fully saturated rings. The number of fused-ring (bicyclic) bond motifs is 1. The van der Waals surface area contributed by atoms with Crippen LogP contribution >= 0.6 is 0 Å². The van der Waals surface area contributed by atoms with E-state index in [4.69, 9.17) is 4.74 Å². The van der Waals surface area contributed by atoms with Crippen molar-refractivity contribution in [1.29, 1.82) is 0 Å². The first-order valence-electron chi connectivity index (χ1n) is 8.22. The fourth-order valence-electron chi connectivity index (χ4n) is 4.15. The van der Waals surface area contributed by atoms with E-state index in [1.807, 2.05) is 25.1 Å². The van der Waals surface area contributed by atoms with Gasteiger partial charge in [-0.3, -0.25) is 4.79 Å². The first-order chi connectivity index (χ1) is 10.3. The summed E-state index contributed by atoms with van der Waals surface area (Å²) in [7, 11) is 0. The Bertz CT molecular complexity index is 487. The van der Waals surface area contributed by atoms with E-state index in [-0.39, 0.29) is 5.97 Å². The maximum Gasteiger partial charge on any atom is 0.316 e. The third-order valence-electron chi connectivity index (χ3n) is 5.21. The molecular formula is C18H25NO2. The minimum atomic E-state index is -0.433. The number of piperidine rings is 1. The lowest BCUT2D eigenvalue weighted by Gasteiger charge is -2.45. The van der Waals surface area contributed by atoms with Gasteiger partial charge in [0.1, 0.15) is 0 Å². The average molecular weight is 287 g/mol. The molecule has 3 heteroatoms. The van der Waals surface area contributed by atoms with Crippen LogP contribution in [0, 0.1) is 5.92 Å². The molecule has 0 bridgehead atoms. The van der Waals surface area contributed by atoms with Crippen LogP contribution < -0.4 is 5.32 Å². The molecule has 2 aliphatic rings. The van der Waals surface area contributed by atoms with Gasteiger partial charge in [-0.15, -0.1) is 0 Å². The quantitative estimate of drug-likeness (QED) is 0.868. The minimum Gasteiger partial charge on any atom is -0.465 e. The third kappa shape index (κ3) is 2.71. The van der Waals surface area contributed by atoms with Crippen LogP contribution in [-0.2, 0) is 14.9 Å². The molecule has 1 N–H and O–H groups in total. The lowest BCUT2D eigenvalue weighted by atomic mass is 9.62. The van der Waals surface area contributed by atoms with E-state index in [2.05, 4.69) is 17.4 Å². The highest BCUT2D eigenvalue weighted by Gasteiger charge is 2.48. The van der Waals surface area contributed by atoms with Crippen LogP contribution in [0.25, 0.3) is 0 Å². The van der Waals surface area contributed by atoms with Crippen LogP contribution in [0.4, 0.5) is 0 Å². The first kappa shape index (κ1) is 14.6. The predicted molar refractivity (Wildman–Crippen MR) is 83.1 cm³/mol. The molecule has 1 aliphatic heterocycles. The minimum absolute atomic E-state index is 0.0276. The smallest absolute Gasteiger partial charge is 0.316 e. The van der Waals surface area contributed by atoms with Gasteiger partial charge in [-0.2, -0.15) is 0 Å². The predicted octanol–water partition coefficient (Wildman–Crippen LogP) is 3.04. The van der Waals surface area contributed by atoms with Gasteiger partial charge in [0.05, 0.1) is 12.0 Å². The van der Waals surface area contributed by atoms with Crippen molar-refractivity contribution >= 4 is 5.97 Å². The van der Waals surface area contributed by atoms with Crippen molar-refractivity contribution < 1.29 is 9.53 Å². The van der Waals surface area contributed by atoms with E-state index in [0.29, 0.717) is 18.6 Å². The molecule has 3 atom stereocenters. The van der Waals surface area contributed by atoms with Gasteiger partial charge in [0.2, 0.25) is 0 Å². The number of carbonyl (C=O) groups excluding carboxylic acids is 1. The largest absolute Gasteiger partial charge is 0.465 e. The van der Waals surface area contributed by atoms with Gasteiger partial charge in [-0.05, 0) is 57.1 Å². The van der Waals surface area contributed by atoms with Gasteiger partial charge >= 0.3 is 5.97 Å². The third-order valence-corrected chi connectivity index (χ3v) is 5.21. The Kier molecular flexibility index (Phi) is 4.29. The molecule has 21 heavy (non-hydrogen) atoms. The summed E-state index contributed by atoms with van der Waals surface area (Å²) in [6.45, 7) is 3.48. The molecule has 0 spiro atoms. The Morgan fingerprint density at radius 2 is 2.14 bits per heavy atom. The maximum atomic E-state index is 12.8. The summed E-state index contributed by atoms with van der Waals surface area (Å²) in [5, 5.41) is 3.63. The maximum absolute atomic E-state index is 12.8. The lowest BCUT2D eigenvalue weighted by molar-refractivity contribution is -0.153. The van der Waals surface area contributed by atoms with E-state index in [1.165, 1.54) is 12.8 Å². The topological polar surface area (TPSA) is 38.3 Å². The summed E-state index contributed by atoms with van der Waals surface area (Å²) in [5.41, 5.74) is 0.699. The fraction of sp³-hybridized carbons (Fsp3) is 0.611. The Hall–Kier alpha value is -1.35. The molecule has 1 aliphatic carbocycles. The summed E-state index contributed by atoms with van der Waals surface area (Å²) in [5.74, 6) is 0.567. The average Bonchev–Trinajstić information content (AvgIpc) is 2.55. The summed E-state index contributed by atoms with van der Waals surface area (Å²) in [4.78, 5) is 12.8. The van der Waals surface area contributed by atoms with Crippen LogP contribution in [-0.4, -0.2) is 25.2 Å². The normalized spacial score (nSPS) is 32.2. The second-order valence-corrected chi connectivity index (χ2v) is 6.37. The lowest BCUT2D eigenvalue weighted by Crippen LogP contribution is -2.52. The van der Waals surface area contributed by atoms with Crippen LogP contribution in [0.15, 0.2) is 30.3 Å². The van der Waals surface area contributed by atoms with Gasteiger partial charge in [-0.25, -0.2) is 0 Å². The molecule has 1 heterocycles. The van der Waals surface area contributed by atoms with Crippen molar-refractivity contribution in [2.45, 2.75) is 50.5 Å². The van der Waals surface area contributed by atoms with Crippen LogP contribution in [0.3, 0.4) is 0 Å². The molecule has 0 aromatic heterocycles. The van der Waals surface area contributed by atoms with Crippen molar-refractivity contribution in [3.8, 4) is 0 Å². The molecular weight excluding hydrogens is 262 g/mol. The van der Waals surface area contributed by atoms with Crippen LogP contribution in [0.1, 0.15) is 44.6 Å². The van der Waals surface area contributed by atoms with Crippen molar-refractivity contribution in [1.82, 2.24) is 5.32 Å². The molecule has 3 nitrogen and oxygen atoms in total. The van der Waals surface area contributed by atoms with Gasteiger partial charge < -0.3 is 10.1 Å². The molecule has 1 saturated heterocycles. The molecule has 0 radical (unpaired) electrons. The molecule has 1 unspecified atom stereocenters. The Morgan fingerprint density at radius 1 is 1.33 bits per heavy atom. The SMILES string of the molecule is CCOC(=O)C1(c2ccccc2)CC[C@H]2NCCC[C@@H]2C1. The molecule has 1 aromatic rings. The number of ether oxygens (including phenoxy) is 1. The van der Waals surface area contributed by atoms with Crippen molar-refractivity contribution in [2.24, 2.45) is 5.92 Å². The van der Waals surface area contributed by atoms with Crippen molar-refractivity contribution in [3.63, 3.8) is 0 Å². The van der Waals surface area contributed by atoms with Gasteiger partial charge in [0.25, 0.3) is 0 Å². The number of benzene rings is 1. The Morgan fingerprint density at radius 3 is 2.90 bits per heavy atom. The summed E-state index contributed by atoms with van der Waals surface area (Å²) in [6.07, 6.45) is 5.33. The zero-order chi connectivity index (χ0) is 14.7. The second-order valence-electron chi connectivity index (χ2n) is 6.37. The summed E-state index contributed by atoms with van der Waals surface area (Å²) < 4.78 is 5.46. The van der Waals surface area contributed by atoms with E-state index >= 15 is 0 Å². The molecule has 1 saturated carbocycles. The highest BCUT2D eigenvalue weighted by molar-refractivity contribution is 5.83. The monoisotopic (exact) mass is 287 g/mol. The van der Waals surface area contributed by atoms with Crippen molar-refractivity contribution in [2.75, 3.05) is 13.2 Å². The zero-order valence-electron chi connectivity index (χ0n) is 12.8. The number of hydrogen-bond donors (Lipinski definition) is 1. The molecule has 1 aromatic carbocycles.